The Balaban J connectivity index is 0.000000358. The topological polar surface area (TPSA) is 34.9 Å². The van der Waals surface area contributed by atoms with E-state index < -0.39 is 0 Å². The summed E-state index contributed by atoms with van der Waals surface area (Å²) in [4.78, 5) is 51.7. The van der Waals surface area contributed by atoms with E-state index in [1.165, 1.54) is 126 Å². The molecule has 0 bridgehead atoms. The molecular formula is C124H124N8NiS8+10. The first-order chi connectivity index (χ1) is 68.8. The van der Waals surface area contributed by atoms with Gasteiger partial charge in [-0.2, -0.15) is 0 Å². The third-order valence-electron chi connectivity index (χ3n) is 18.2. The van der Waals surface area contributed by atoms with Gasteiger partial charge in [0.25, 0.3) is 52.5 Å². The molecule has 0 saturated carbocycles. The Labute approximate surface area is 878 Å². The molecule has 0 fully saturated rings. The molecule has 0 radical (unpaired) electrons. The molecule has 17 aromatic rings. The molecule has 0 amide bonds. The van der Waals surface area contributed by atoms with Crippen LogP contribution in [0.3, 0.4) is 0 Å². The van der Waals surface area contributed by atoms with Gasteiger partial charge >= 0.3 is 0 Å². The van der Waals surface area contributed by atoms with Crippen molar-refractivity contribution in [2.75, 3.05) is 68.9 Å². The summed E-state index contributed by atoms with van der Waals surface area (Å²) >= 11 is 3.62. The molecule has 0 aromatic heterocycles. The predicted octanol–water partition coefficient (Wildman–Crippen LogP) is 34.5. The first-order valence-electron chi connectivity index (χ1n) is 44.5. The number of nitrogens with zero attached hydrogens (tertiary/aromatic N) is 8. The fraction of sp³-hybridized carbons (Fsp3) is 0.113. The van der Waals surface area contributed by atoms with Crippen LogP contribution in [0.2, 0.25) is 0 Å². The summed E-state index contributed by atoms with van der Waals surface area (Å²) in [5, 5.41) is 0. The van der Waals surface area contributed by atoms with Crippen molar-refractivity contribution in [3.05, 3.63) is 562 Å². The summed E-state index contributed by atoms with van der Waals surface area (Å²) in [6.45, 7) is 30.4. The van der Waals surface area contributed by atoms with Crippen LogP contribution in [0.4, 0.5) is 0 Å². The van der Waals surface area contributed by atoms with Gasteiger partial charge in [-0.05, 0) is 243 Å². The molecule has 0 unspecified atom stereocenters. The van der Waals surface area contributed by atoms with E-state index in [2.05, 4.69) is 573 Å². The third kappa shape index (κ3) is 46.5. The molecule has 8 nitrogen and oxygen atoms in total. The maximum atomic E-state index is 5.83. The van der Waals surface area contributed by atoms with Crippen molar-refractivity contribution < 1.29 is 16.5 Å². The van der Waals surface area contributed by atoms with Gasteiger partial charge in [0.15, 0.2) is 78.3 Å². The van der Waals surface area contributed by atoms with E-state index in [0.29, 0.717) is 10.9 Å². The molecule has 0 N–H and O–H groups in total. The standard InChI is InChI=1S/C36H28S3.C24H19S2.2C18H15S.C8H11S.4C3H6N.4C2H3N.Ni/c1-5-13-31(14-6-1)38(32-15-7-2-8-16-32)35-25-21-29(22-26-35)37-30-23-27-36(28-24-30)39(33-17-9-3-10-18-33)34-19-11-4-12-20-34;1-4-10-20(11-5-1)25-21-16-18-24(19-17-21)26(22-12-6-2-7-13-22)23-14-8-3-9-15-23;2*1-4-10-16(11-5-1)19(17-12-6-2-7-13-17)18-14-8-3-9-15-18;1-9(2)8-6-4-3-5-7-8;4*1-3-4-2;4*1-3-2;/h1-28H;1-19H;2*1-15H;3-7H,1-2H3;4*1-2H3;4*1H3;/q+2;8*+1;;;;;. The Kier molecular flexibility index (Phi) is 65.0. The summed E-state index contributed by atoms with van der Waals surface area (Å²) in [5.41, 5.74) is 0. The van der Waals surface area contributed by atoms with Crippen molar-refractivity contribution in [1.82, 2.24) is 0 Å². The van der Waals surface area contributed by atoms with E-state index in [1.54, 1.807) is 67.6 Å². The van der Waals surface area contributed by atoms with Crippen LogP contribution in [0.25, 0.3) is 38.8 Å². The summed E-state index contributed by atoms with van der Waals surface area (Å²) in [6.07, 6.45) is 4.46. The number of hydrogen-bond acceptors (Lipinski definition) is 2. The predicted molar refractivity (Wildman–Crippen MR) is 612 cm³/mol. The molecule has 0 saturated heterocycles. The molecule has 17 heteroatoms. The number of hydrogen-bond donors (Lipinski definition) is 0. The van der Waals surface area contributed by atoms with Crippen LogP contribution in [-0.2, 0) is 81.9 Å². The van der Waals surface area contributed by atoms with Gasteiger partial charge in [-0.15, -0.1) is 0 Å². The maximum absolute atomic E-state index is 5.83. The van der Waals surface area contributed by atoms with Gasteiger partial charge in [-0.25, -0.2) is 26.3 Å². The Morgan fingerprint density at radius 1 is 0.163 bits per heavy atom. The minimum Gasteiger partial charge on any atom is -0.320 e. The first-order valence-corrected chi connectivity index (χ1v) is 54.3. The van der Waals surface area contributed by atoms with Crippen molar-refractivity contribution in [2.24, 2.45) is 0 Å². The zero-order valence-electron chi connectivity index (χ0n) is 82.5. The smallest absolute Gasteiger partial charge is 0.269 e. The molecule has 708 valence electrons. The average molecular weight is 2040 g/mol. The first kappa shape index (κ1) is 119. The molecule has 17 rings (SSSR count). The van der Waals surface area contributed by atoms with Crippen LogP contribution < -0.4 is 0 Å². The van der Waals surface area contributed by atoms with Crippen LogP contribution in [0.15, 0.2) is 595 Å². The van der Waals surface area contributed by atoms with E-state index >= 15 is 0 Å². The zero-order valence-corrected chi connectivity index (χ0v) is 90.0. The zero-order chi connectivity index (χ0) is 101. The van der Waals surface area contributed by atoms with Crippen LogP contribution in [0.1, 0.15) is 27.7 Å². The van der Waals surface area contributed by atoms with Crippen molar-refractivity contribution in [3.8, 4) is 24.3 Å². The van der Waals surface area contributed by atoms with Gasteiger partial charge in [0.2, 0.25) is 28.2 Å². The van der Waals surface area contributed by atoms with Gasteiger partial charge in [0, 0.05) is 47.0 Å². The molecule has 0 aliphatic rings. The van der Waals surface area contributed by atoms with Crippen molar-refractivity contribution in [2.45, 2.75) is 126 Å². The van der Waals surface area contributed by atoms with E-state index in [0.717, 1.165) is 0 Å². The van der Waals surface area contributed by atoms with Crippen LogP contribution >= 0.6 is 23.5 Å². The SMILES string of the molecule is CC#[N+]C.CC#[N+]C.CC#[N+]C.CC#[N+]C.C[S+](C)c1ccccc1.[C-]#[N+]C.[C-]#[N+]C.[C-]#[N+]C.[C-]#[N+]C.[Ni].c1ccc(Sc2ccc([S+](c3ccccc3)c3ccccc3)cc2)cc1.c1ccc([S+](c2ccccc2)c2ccc(Sc3ccc([S+](c4ccccc4)c4ccccc4)cc3)cc2)cc1.c1ccc([S+](c2ccccc2)c2ccccc2)cc1.c1ccc([S+](c2ccccc2)c2ccccc2)cc1. The Bertz CT molecular complexity index is 5880. The van der Waals surface area contributed by atoms with E-state index in [9.17, 15) is 0 Å². The molecule has 17 aromatic carbocycles. The van der Waals surface area contributed by atoms with Gasteiger partial charge in [-0.1, -0.05) is 298 Å². The quantitative estimate of drug-likeness (QED) is 0.0433. The molecule has 0 aliphatic heterocycles. The third-order valence-corrected chi connectivity index (χ3v) is 32.6. The second-order valence-corrected chi connectivity index (χ2v) is 42.6. The average Bonchev–Trinajstić information content (AvgIpc) is 0.810. The largest absolute Gasteiger partial charge is 0.320 e. The van der Waals surface area contributed by atoms with Crippen molar-refractivity contribution in [1.29, 1.82) is 0 Å². The van der Waals surface area contributed by atoms with Gasteiger partial charge in [0.1, 0.15) is 12.5 Å². The minimum atomic E-state index is -0.123. The Hall–Kier alpha value is -14.0. The molecule has 141 heavy (non-hydrogen) atoms. The van der Waals surface area contributed by atoms with Gasteiger partial charge in [0.05, 0.1) is 82.2 Å². The summed E-state index contributed by atoms with van der Waals surface area (Å²) < 4.78 is 0. The van der Waals surface area contributed by atoms with Gasteiger partial charge in [-0.3, -0.25) is 0 Å². The van der Waals surface area contributed by atoms with Crippen LogP contribution in [0, 0.1) is 50.6 Å². The molecule has 0 spiro atoms. The second-order valence-electron chi connectivity index (χ2n) is 28.0. The van der Waals surface area contributed by atoms with Gasteiger partial charge < -0.3 is 19.4 Å². The second kappa shape index (κ2) is 76.9. The van der Waals surface area contributed by atoms with Crippen molar-refractivity contribution in [3.63, 3.8) is 0 Å². The summed E-state index contributed by atoms with van der Waals surface area (Å²) in [7, 11) is 12.5. The maximum Gasteiger partial charge on any atom is 0.269 e. The van der Waals surface area contributed by atoms with Crippen LogP contribution in [-0.4, -0.2) is 68.9 Å². The van der Waals surface area contributed by atoms with E-state index in [-0.39, 0.29) is 71.0 Å². The Morgan fingerprint density at radius 2 is 0.255 bits per heavy atom. The molecule has 0 heterocycles. The normalized spacial score (nSPS) is 9.19. The number of rotatable bonds is 20. The van der Waals surface area contributed by atoms with E-state index in [4.69, 9.17) is 26.3 Å². The van der Waals surface area contributed by atoms with E-state index in [1.807, 2.05) is 11.8 Å². The molecular weight excluding hydrogens is 1920 g/mol. The van der Waals surface area contributed by atoms with Crippen LogP contribution in [0.5, 0.6) is 0 Å². The number of benzene rings is 17. The fourth-order valence-corrected chi connectivity index (χ4v) is 24.9. The van der Waals surface area contributed by atoms with Crippen molar-refractivity contribution >= 4 is 88.9 Å². The molecule has 0 aliphatic carbocycles. The Morgan fingerprint density at radius 3 is 0.355 bits per heavy atom. The summed E-state index contributed by atoms with van der Waals surface area (Å²) in [6, 6.07) is 188. The summed E-state index contributed by atoms with van der Waals surface area (Å²) in [5.74, 6) is 0. The minimum absolute atomic E-state index is 0. The fourth-order valence-electron chi connectivity index (χ4n) is 12.1. The monoisotopic (exact) mass is 2040 g/mol. The molecule has 0 atom stereocenters.